The van der Waals surface area contributed by atoms with E-state index in [-0.39, 0.29) is 23.1 Å². The molecule has 0 unspecified atom stereocenters. The summed E-state index contributed by atoms with van der Waals surface area (Å²) in [5.74, 6) is 0.765. The highest BCUT2D eigenvalue weighted by Crippen LogP contribution is 2.24. The van der Waals surface area contributed by atoms with E-state index >= 15 is 0 Å². The zero-order valence-electron chi connectivity index (χ0n) is 16.1. The SMILES string of the molecule is CC(C)C(=O)NCCNC(=O)CCCOc1ccc(C(C)(C)C)cc1. The smallest absolute Gasteiger partial charge is 0.222 e. The van der Waals surface area contributed by atoms with Gasteiger partial charge in [0.2, 0.25) is 11.8 Å². The lowest BCUT2D eigenvalue weighted by Gasteiger charge is -2.19. The van der Waals surface area contributed by atoms with Crippen LogP contribution in [-0.2, 0) is 15.0 Å². The van der Waals surface area contributed by atoms with Crippen LogP contribution in [0.3, 0.4) is 0 Å². The van der Waals surface area contributed by atoms with Crippen LogP contribution in [0.4, 0.5) is 0 Å². The highest BCUT2D eigenvalue weighted by molar-refractivity contribution is 5.78. The Morgan fingerprint density at radius 3 is 2.20 bits per heavy atom. The predicted octanol–water partition coefficient (Wildman–Crippen LogP) is 3.03. The normalized spacial score (nSPS) is 11.3. The first-order valence-corrected chi connectivity index (χ1v) is 8.98. The van der Waals surface area contributed by atoms with Crippen molar-refractivity contribution in [2.75, 3.05) is 19.7 Å². The minimum Gasteiger partial charge on any atom is -0.494 e. The third-order valence-electron chi connectivity index (χ3n) is 3.81. The number of carbonyl (C=O) groups excluding carboxylic acids is 2. The Kier molecular flexibility index (Phi) is 8.46. The molecule has 0 heterocycles. The summed E-state index contributed by atoms with van der Waals surface area (Å²) in [7, 11) is 0. The molecule has 0 spiro atoms. The van der Waals surface area contributed by atoms with Crippen LogP contribution in [0.2, 0.25) is 0 Å². The second kappa shape index (κ2) is 10.1. The van der Waals surface area contributed by atoms with Crippen LogP contribution in [0, 0.1) is 5.92 Å². The summed E-state index contributed by atoms with van der Waals surface area (Å²) in [5.41, 5.74) is 1.40. The van der Waals surface area contributed by atoms with Crippen LogP contribution < -0.4 is 15.4 Å². The van der Waals surface area contributed by atoms with Crippen molar-refractivity contribution in [2.24, 2.45) is 5.92 Å². The number of benzene rings is 1. The highest BCUT2D eigenvalue weighted by Gasteiger charge is 2.13. The van der Waals surface area contributed by atoms with E-state index in [2.05, 4.69) is 43.5 Å². The molecule has 1 aromatic rings. The molecule has 0 radical (unpaired) electrons. The number of hydrogen-bond donors (Lipinski definition) is 2. The van der Waals surface area contributed by atoms with Crippen molar-refractivity contribution < 1.29 is 14.3 Å². The molecule has 5 nitrogen and oxygen atoms in total. The van der Waals surface area contributed by atoms with Gasteiger partial charge in [-0.05, 0) is 29.5 Å². The maximum Gasteiger partial charge on any atom is 0.222 e. The Bertz CT molecular complexity index is 545. The summed E-state index contributed by atoms with van der Waals surface area (Å²) in [4.78, 5) is 23.1. The molecule has 0 saturated heterocycles. The molecule has 1 rings (SSSR count). The largest absolute Gasteiger partial charge is 0.494 e. The molecule has 5 heteroatoms. The molecule has 0 aliphatic carbocycles. The third-order valence-corrected chi connectivity index (χ3v) is 3.81. The summed E-state index contributed by atoms with van der Waals surface area (Å²) in [6.07, 6.45) is 1.07. The fourth-order valence-electron chi connectivity index (χ4n) is 2.15. The van der Waals surface area contributed by atoms with Crippen molar-refractivity contribution in [2.45, 2.75) is 52.9 Å². The van der Waals surface area contributed by atoms with Crippen LogP contribution >= 0.6 is 0 Å². The number of ether oxygens (including phenoxy) is 1. The van der Waals surface area contributed by atoms with Crippen molar-refractivity contribution in [1.82, 2.24) is 10.6 Å². The fraction of sp³-hybridized carbons (Fsp3) is 0.600. The Hall–Kier alpha value is -2.04. The average molecular weight is 348 g/mol. The molecule has 0 fully saturated rings. The van der Waals surface area contributed by atoms with Crippen LogP contribution in [0.25, 0.3) is 0 Å². The second-order valence-corrected chi connectivity index (χ2v) is 7.52. The Labute approximate surface area is 151 Å². The van der Waals surface area contributed by atoms with Gasteiger partial charge in [0.25, 0.3) is 0 Å². The van der Waals surface area contributed by atoms with Crippen molar-refractivity contribution >= 4 is 11.8 Å². The third kappa shape index (κ3) is 8.57. The van der Waals surface area contributed by atoms with Gasteiger partial charge in [-0.15, -0.1) is 0 Å². The lowest BCUT2D eigenvalue weighted by molar-refractivity contribution is -0.124. The van der Waals surface area contributed by atoms with Crippen LogP contribution in [0.1, 0.15) is 53.0 Å². The van der Waals surface area contributed by atoms with Gasteiger partial charge in [0.1, 0.15) is 5.75 Å². The lowest BCUT2D eigenvalue weighted by Crippen LogP contribution is -2.36. The molecule has 0 atom stereocenters. The minimum absolute atomic E-state index is 0.000119. The quantitative estimate of drug-likeness (QED) is 0.674. The van der Waals surface area contributed by atoms with Gasteiger partial charge in [0.05, 0.1) is 6.61 Å². The topological polar surface area (TPSA) is 67.4 Å². The first-order chi connectivity index (χ1) is 11.7. The molecule has 25 heavy (non-hydrogen) atoms. The number of carbonyl (C=O) groups is 2. The van der Waals surface area contributed by atoms with Gasteiger partial charge in [-0.3, -0.25) is 9.59 Å². The van der Waals surface area contributed by atoms with Gasteiger partial charge in [-0.25, -0.2) is 0 Å². The van der Waals surface area contributed by atoms with E-state index in [4.69, 9.17) is 4.74 Å². The molecule has 0 bridgehead atoms. The number of amides is 2. The predicted molar refractivity (Wildman–Crippen MR) is 101 cm³/mol. The van der Waals surface area contributed by atoms with E-state index in [1.807, 2.05) is 26.0 Å². The summed E-state index contributed by atoms with van der Waals surface area (Å²) in [5, 5.41) is 5.55. The van der Waals surface area contributed by atoms with Crippen LogP contribution in [-0.4, -0.2) is 31.5 Å². The maximum absolute atomic E-state index is 11.7. The van der Waals surface area contributed by atoms with Gasteiger partial charge < -0.3 is 15.4 Å². The lowest BCUT2D eigenvalue weighted by atomic mass is 9.87. The molecule has 2 N–H and O–H groups in total. The van der Waals surface area contributed by atoms with E-state index in [0.29, 0.717) is 32.5 Å². The molecule has 0 aliphatic heterocycles. The fourth-order valence-corrected chi connectivity index (χ4v) is 2.15. The molecule has 1 aromatic carbocycles. The zero-order chi connectivity index (χ0) is 18.9. The number of rotatable bonds is 9. The molecule has 0 saturated carbocycles. The van der Waals surface area contributed by atoms with Gasteiger partial charge in [-0.2, -0.15) is 0 Å². The molecule has 0 aliphatic rings. The Morgan fingerprint density at radius 2 is 1.64 bits per heavy atom. The Balaban J connectivity index is 2.14. The van der Waals surface area contributed by atoms with E-state index in [9.17, 15) is 9.59 Å². The maximum atomic E-state index is 11.7. The average Bonchev–Trinajstić information content (AvgIpc) is 2.55. The van der Waals surface area contributed by atoms with Gasteiger partial charge in [-0.1, -0.05) is 46.8 Å². The van der Waals surface area contributed by atoms with E-state index in [1.165, 1.54) is 5.56 Å². The Morgan fingerprint density at radius 1 is 1.04 bits per heavy atom. The summed E-state index contributed by atoms with van der Waals surface area (Å²) in [6.45, 7) is 11.6. The standard InChI is InChI=1S/C20H32N2O3/c1-15(2)19(24)22-13-12-21-18(23)7-6-14-25-17-10-8-16(9-11-17)20(3,4)5/h8-11,15H,6-7,12-14H2,1-5H3,(H,21,23)(H,22,24). The van der Waals surface area contributed by atoms with E-state index in [0.717, 1.165) is 5.75 Å². The monoisotopic (exact) mass is 348 g/mol. The van der Waals surface area contributed by atoms with Crippen molar-refractivity contribution in [3.63, 3.8) is 0 Å². The highest BCUT2D eigenvalue weighted by atomic mass is 16.5. The van der Waals surface area contributed by atoms with Gasteiger partial charge in [0.15, 0.2) is 0 Å². The molecule has 0 aromatic heterocycles. The molecular weight excluding hydrogens is 316 g/mol. The minimum atomic E-state index is -0.0367. The van der Waals surface area contributed by atoms with Crippen molar-refractivity contribution in [1.29, 1.82) is 0 Å². The number of hydrogen-bond acceptors (Lipinski definition) is 3. The summed E-state index contributed by atoms with van der Waals surface area (Å²) >= 11 is 0. The summed E-state index contributed by atoms with van der Waals surface area (Å²) < 4.78 is 5.67. The van der Waals surface area contributed by atoms with Crippen LogP contribution in [0.5, 0.6) is 5.75 Å². The van der Waals surface area contributed by atoms with Gasteiger partial charge in [0, 0.05) is 25.4 Å². The van der Waals surface area contributed by atoms with Crippen LogP contribution in [0.15, 0.2) is 24.3 Å². The molecular formula is C20H32N2O3. The van der Waals surface area contributed by atoms with Crippen molar-refractivity contribution in [3.05, 3.63) is 29.8 Å². The molecule has 2 amide bonds. The second-order valence-electron chi connectivity index (χ2n) is 7.52. The number of nitrogens with one attached hydrogen (secondary N) is 2. The van der Waals surface area contributed by atoms with E-state index in [1.54, 1.807) is 0 Å². The van der Waals surface area contributed by atoms with Gasteiger partial charge >= 0.3 is 0 Å². The van der Waals surface area contributed by atoms with E-state index < -0.39 is 0 Å². The van der Waals surface area contributed by atoms with Crippen molar-refractivity contribution in [3.8, 4) is 5.75 Å². The zero-order valence-corrected chi connectivity index (χ0v) is 16.1. The summed E-state index contributed by atoms with van der Waals surface area (Å²) in [6, 6.07) is 8.09. The first-order valence-electron chi connectivity index (χ1n) is 8.98. The first kappa shape index (κ1) is 21.0. The molecule has 140 valence electrons.